The Hall–Kier alpha value is -1.79. The molecule has 0 aromatic heterocycles. The molecule has 0 N–H and O–H groups in total. The zero-order chi connectivity index (χ0) is 13.6. The first-order chi connectivity index (χ1) is 8.40. The molecule has 18 heavy (non-hydrogen) atoms. The van der Waals surface area contributed by atoms with Gasteiger partial charge in [-0.3, -0.25) is 0 Å². The minimum absolute atomic E-state index is 0.349. The summed E-state index contributed by atoms with van der Waals surface area (Å²) in [5, 5.41) is 0. The largest absolute Gasteiger partial charge is 0.466 e. The predicted octanol–water partition coefficient (Wildman–Crippen LogP) is 3.10. The second-order valence-electron chi connectivity index (χ2n) is 4.98. The van der Waals surface area contributed by atoms with Crippen molar-refractivity contribution in [2.45, 2.75) is 19.6 Å². The normalized spacial score (nSPS) is 10.9. The molecule has 0 aliphatic heterocycles. The molecule has 2 nitrogen and oxygen atoms in total. The van der Waals surface area contributed by atoms with Gasteiger partial charge < -0.3 is 4.74 Å². The Morgan fingerprint density at radius 3 is 2.33 bits per heavy atom. The van der Waals surface area contributed by atoms with Gasteiger partial charge in [0, 0.05) is 11.6 Å². The van der Waals surface area contributed by atoms with Crippen LogP contribution in [-0.2, 0) is 9.53 Å². The van der Waals surface area contributed by atoms with Crippen molar-refractivity contribution in [3.8, 4) is 11.5 Å². The van der Waals surface area contributed by atoms with Crippen LogP contribution in [0.4, 0.5) is 0 Å². The lowest BCUT2D eigenvalue weighted by Crippen LogP contribution is -2.16. The van der Waals surface area contributed by atoms with E-state index < -0.39 is 8.07 Å². The summed E-state index contributed by atoms with van der Waals surface area (Å²) in [7, 11) is 0.0379. The molecule has 0 atom stereocenters. The number of rotatable bonds is 2. The van der Waals surface area contributed by atoms with Crippen LogP contribution in [0.5, 0.6) is 0 Å². The van der Waals surface area contributed by atoms with Gasteiger partial charge in [0.25, 0.3) is 0 Å². The summed E-state index contributed by atoms with van der Waals surface area (Å²) in [6.07, 6.45) is 3.13. The molecule has 0 spiro atoms. The molecule has 0 aliphatic carbocycles. The highest BCUT2D eigenvalue weighted by Gasteiger charge is 2.07. The summed E-state index contributed by atoms with van der Waals surface area (Å²) in [5.41, 5.74) is 5.28. The quantitative estimate of drug-likeness (QED) is 0.353. The first kappa shape index (κ1) is 14.3. The van der Waals surface area contributed by atoms with Crippen molar-refractivity contribution in [3.63, 3.8) is 0 Å². The highest BCUT2D eigenvalue weighted by Crippen LogP contribution is 2.06. The van der Waals surface area contributed by atoms with Crippen molar-refractivity contribution < 1.29 is 9.53 Å². The standard InChI is InChI=1S/C15H18O2Si/c1-17-15(16)10-9-13-5-7-14(8-6-13)11-12-18(2,3)4/h5-10H,1-4H3/b10-9+. The average molecular weight is 258 g/mol. The number of carbonyl (C=O) groups is 1. The van der Waals surface area contributed by atoms with Gasteiger partial charge in [0.2, 0.25) is 0 Å². The van der Waals surface area contributed by atoms with Crippen LogP contribution in [-0.4, -0.2) is 21.2 Å². The predicted molar refractivity (Wildman–Crippen MR) is 77.7 cm³/mol. The van der Waals surface area contributed by atoms with Gasteiger partial charge in [-0.1, -0.05) is 37.7 Å². The molecular formula is C15H18O2Si. The van der Waals surface area contributed by atoms with Crippen molar-refractivity contribution >= 4 is 20.1 Å². The molecule has 0 fully saturated rings. The number of carbonyl (C=O) groups excluding carboxylic acids is 1. The minimum Gasteiger partial charge on any atom is -0.466 e. The molecule has 1 aromatic carbocycles. The minimum atomic E-state index is -1.32. The van der Waals surface area contributed by atoms with Crippen LogP contribution in [0, 0.1) is 11.5 Å². The number of hydrogen-bond donors (Lipinski definition) is 0. The fraction of sp³-hybridized carbons (Fsp3) is 0.267. The molecule has 0 bridgehead atoms. The van der Waals surface area contributed by atoms with Crippen molar-refractivity contribution in [2.75, 3.05) is 7.11 Å². The van der Waals surface area contributed by atoms with Gasteiger partial charge in [-0.2, -0.15) is 0 Å². The van der Waals surface area contributed by atoms with Gasteiger partial charge in [0.1, 0.15) is 8.07 Å². The maximum absolute atomic E-state index is 10.9. The van der Waals surface area contributed by atoms with Crippen molar-refractivity contribution in [2.24, 2.45) is 0 Å². The molecule has 0 amide bonds. The van der Waals surface area contributed by atoms with Crippen LogP contribution < -0.4 is 0 Å². The van der Waals surface area contributed by atoms with Crippen LogP contribution in [0.2, 0.25) is 19.6 Å². The van der Waals surface area contributed by atoms with Crippen molar-refractivity contribution in [3.05, 3.63) is 41.5 Å². The number of hydrogen-bond acceptors (Lipinski definition) is 2. The fourth-order valence-corrected chi connectivity index (χ4v) is 1.69. The zero-order valence-corrected chi connectivity index (χ0v) is 12.3. The molecule has 0 radical (unpaired) electrons. The molecule has 0 saturated heterocycles. The average Bonchev–Trinajstić information content (AvgIpc) is 2.33. The van der Waals surface area contributed by atoms with E-state index in [0.717, 1.165) is 11.1 Å². The lowest BCUT2D eigenvalue weighted by atomic mass is 10.1. The molecule has 0 saturated carbocycles. The monoisotopic (exact) mass is 258 g/mol. The maximum Gasteiger partial charge on any atom is 0.330 e. The van der Waals surface area contributed by atoms with E-state index in [0.29, 0.717) is 0 Å². The Morgan fingerprint density at radius 1 is 1.22 bits per heavy atom. The summed E-state index contributed by atoms with van der Waals surface area (Å²) in [6, 6.07) is 7.80. The van der Waals surface area contributed by atoms with Crippen LogP contribution >= 0.6 is 0 Å². The van der Waals surface area contributed by atoms with E-state index in [1.807, 2.05) is 24.3 Å². The van der Waals surface area contributed by atoms with E-state index in [2.05, 4.69) is 35.8 Å². The summed E-state index contributed by atoms with van der Waals surface area (Å²) in [6.45, 7) is 6.65. The molecular weight excluding hydrogens is 240 g/mol. The van der Waals surface area contributed by atoms with E-state index in [1.165, 1.54) is 13.2 Å². The van der Waals surface area contributed by atoms with E-state index in [9.17, 15) is 4.79 Å². The number of esters is 1. The number of methoxy groups -OCH3 is 1. The zero-order valence-electron chi connectivity index (χ0n) is 11.3. The summed E-state index contributed by atoms with van der Waals surface area (Å²) >= 11 is 0. The van der Waals surface area contributed by atoms with E-state index in [-0.39, 0.29) is 5.97 Å². The van der Waals surface area contributed by atoms with Crippen LogP contribution in [0.15, 0.2) is 30.3 Å². The van der Waals surface area contributed by atoms with Gasteiger partial charge in [0.05, 0.1) is 7.11 Å². The third-order valence-electron chi connectivity index (χ3n) is 2.11. The van der Waals surface area contributed by atoms with E-state index in [4.69, 9.17) is 0 Å². The lowest BCUT2D eigenvalue weighted by Gasteiger charge is -2.03. The molecule has 3 heteroatoms. The van der Waals surface area contributed by atoms with Crippen molar-refractivity contribution in [1.29, 1.82) is 0 Å². The topological polar surface area (TPSA) is 26.3 Å². The van der Waals surface area contributed by atoms with Crippen molar-refractivity contribution in [1.82, 2.24) is 0 Å². The second-order valence-corrected chi connectivity index (χ2v) is 9.73. The molecule has 94 valence electrons. The number of benzene rings is 1. The van der Waals surface area contributed by atoms with Crippen LogP contribution in [0.25, 0.3) is 6.08 Å². The smallest absolute Gasteiger partial charge is 0.330 e. The highest BCUT2D eigenvalue weighted by atomic mass is 28.3. The molecule has 1 aromatic rings. The Morgan fingerprint density at radius 2 is 1.83 bits per heavy atom. The first-order valence-corrected chi connectivity index (χ1v) is 9.30. The first-order valence-electron chi connectivity index (χ1n) is 5.80. The third kappa shape index (κ3) is 5.51. The van der Waals surface area contributed by atoms with Crippen LogP contribution in [0.3, 0.4) is 0 Å². The van der Waals surface area contributed by atoms with Crippen LogP contribution in [0.1, 0.15) is 11.1 Å². The van der Waals surface area contributed by atoms with Gasteiger partial charge in [0.15, 0.2) is 0 Å². The number of ether oxygens (including phenoxy) is 1. The Kier molecular flexibility index (Phi) is 4.93. The maximum atomic E-state index is 10.9. The van der Waals surface area contributed by atoms with E-state index >= 15 is 0 Å². The van der Waals surface area contributed by atoms with Gasteiger partial charge >= 0.3 is 5.97 Å². The molecule has 1 rings (SSSR count). The Balaban J connectivity index is 2.77. The van der Waals surface area contributed by atoms with Gasteiger partial charge in [-0.05, 0) is 23.8 Å². The van der Waals surface area contributed by atoms with Gasteiger partial charge in [-0.15, -0.1) is 5.54 Å². The molecule has 0 unspecified atom stereocenters. The third-order valence-corrected chi connectivity index (χ3v) is 2.98. The summed E-state index contributed by atoms with van der Waals surface area (Å²) < 4.78 is 4.53. The Labute approximate surface area is 110 Å². The fourth-order valence-electron chi connectivity index (χ4n) is 1.17. The highest BCUT2D eigenvalue weighted by molar-refractivity contribution is 6.83. The van der Waals surface area contributed by atoms with E-state index in [1.54, 1.807) is 6.08 Å². The summed E-state index contributed by atoms with van der Waals surface area (Å²) in [5.74, 6) is 2.83. The SMILES string of the molecule is COC(=O)/C=C/c1ccc(C#C[Si](C)(C)C)cc1. The molecule has 0 aliphatic rings. The Bertz CT molecular complexity index is 496. The lowest BCUT2D eigenvalue weighted by molar-refractivity contribution is -0.134. The summed E-state index contributed by atoms with van der Waals surface area (Å²) in [4.78, 5) is 10.9. The second kappa shape index (κ2) is 6.22. The molecule has 0 heterocycles. The van der Waals surface area contributed by atoms with Gasteiger partial charge in [-0.25, -0.2) is 4.79 Å².